The van der Waals surface area contributed by atoms with Gasteiger partial charge < -0.3 is 9.40 Å². The van der Waals surface area contributed by atoms with E-state index in [1.54, 1.807) is 6.08 Å². The minimum Gasteiger partial charge on any atom is -0.460 e. The van der Waals surface area contributed by atoms with E-state index in [4.69, 9.17) is 4.42 Å². The molecular weight excluding hydrogens is 334 g/mol. The van der Waals surface area contributed by atoms with Gasteiger partial charge in [-0.1, -0.05) is 49.4 Å². The van der Waals surface area contributed by atoms with Crippen LogP contribution in [-0.2, 0) is 11.2 Å². The van der Waals surface area contributed by atoms with Crippen molar-refractivity contribution >= 4 is 27.7 Å². The van der Waals surface area contributed by atoms with Crippen LogP contribution >= 0.6 is 0 Å². The molecule has 0 aliphatic rings. The average Bonchev–Trinajstić information content (AvgIpc) is 3.27. The Hall–Kier alpha value is -3.07. The van der Waals surface area contributed by atoms with Crippen molar-refractivity contribution in [2.24, 2.45) is 0 Å². The Labute approximate surface area is 158 Å². The molecule has 3 heteroatoms. The zero-order valence-corrected chi connectivity index (χ0v) is 15.5. The van der Waals surface area contributed by atoms with Gasteiger partial charge in [-0.15, -0.1) is 6.58 Å². The Morgan fingerprint density at radius 2 is 1.89 bits per heavy atom. The van der Waals surface area contributed by atoms with Crippen molar-refractivity contribution in [1.29, 1.82) is 0 Å². The van der Waals surface area contributed by atoms with Crippen LogP contribution in [0.5, 0.6) is 0 Å². The molecule has 0 saturated heterocycles. The predicted octanol–water partition coefficient (Wildman–Crippen LogP) is 6.14. The van der Waals surface area contributed by atoms with E-state index in [9.17, 15) is 4.79 Å². The van der Waals surface area contributed by atoms with Gasteiger partial charge >= 0.3 is 0 Å². The minimum atomic E-state index is 0.118. The summed E-state index contributed by atoms with van der Waals surface area (Å²) in [5.41, 5.74) is 4.29. The Morgan fingerprint density at radius 3 is 2.70 bits per heavy atom. The van der Waals surface area contributed by atoms with Crippen molar-refractivity contribution < 1.29 is 9.21 Å². The smallest absolute Gasteiger partial charge is 0.140 e. The first-order chi connectivity index (χ1) is 13.2. The number of carbonyl (C=O) groups is 1. The van der Waals surface area contributed by atoms with Crippen LogP contribution in [0.3, 0.4) is 0 Å². The number of aromatic nitrogens is 1. The third-order valence-electron chi connectivity index (χ3n) is 5.22. The summed E-state index contributed by atoms with van der Waals surface area (Å²) in [5.74, 6) is 1.08. The Morgan fingerprint density at radius 1 is 1.15 bits per heavy atom. The number of fused-ring (bicyclic) bond motifs is 2. The van der Waals surface area contributed by atoms with Crippen molar-refractivity contribution in [3.8, 4) is 0 Å². The number of benzene rings is 2. The van der Waals surface area contributed by atoms with Crippen LogP contribution < -0.4 is 0 Å². The molecule has 1 unspecified atom stereocenters. The highest BCUT2D eigenvalue weighted by molar-refractivity contribution is 5.89. The first-order valence-corrected chi connectivity index (χ1v) is 9.38. The lowest BCUT2D eigenvalue weighted by atomic mass is 9.89. The summed E-state index contributed by atoms with van der Waals surface area (Å²) in [6.07, 6.45) is 5.38. The molecular formula is C24H23NO2. The van der Waals surface area contributed by atoms with Crippen LogP contribution in [0, 0.1) is 0 Å². The zero-order chi connectivity index (χ0) is 18.8. The van der Waals surface area contributed by atoms with E-state index in [-0.39, 0.29) is 11.7 Å². The Kier molecular flexibility index (Phi) is 4.68. The quantitative estimate of drug-likeness (QED) is 0.404. The van der Waals surface area contributed by atoms with E-state index < -0.39 is 0 Å². The van der Waals surface area contributed by atoms with Crippen LogP contribution in [-0.4, -0.2) is 10.8 Å². The standard InChI is InChI=1S/C24H23NO2/c1-3-4-9-17(26)14-23-24(19-11-6-8-13-22(19)27-23)16(2)20-15-25-21-12-7-5-10-18(20)21/h3,5-8,10-13,15-16,25H,1,4,9,14H2,2H3. The molecule has 4 rings (SSSR count). The fraction of sp³-hybridized carbons (Fsp3) is 0.208. The van der Waals surface area contributed by atoms with Gasteiger partial charge in [0.1, 0.15) is 17.1 Å². The molecule has 27 heavy (non-hydrogen) atoms. The molecule has 2 aromatic carbocycles. The number of allylic oxidation sites excluding steroid dienone is 1. The van der Waals surface area contributed by atoms with Gasteiger partial charge in [0.05, 0.1) is 6.42 Å². The number of Topliss-reactive ketones (excluding diaryl/α,β-unsaturated/α-hetero) is 1. The second-order valence-electron chi connectivity index (χ2n) is 6.99. The highest BCUT2D eigenvalue weighted by atomic mass is 16.3. The van der Waals surface area contributed by atoms with E-state index >= 15 is 0 Å². The summed E-state index contributed by atoms with van der Waals surface area (Å²) < 4.78 is 6.12. The van der Waals surface area contributed by atoms with Crippen LogP contribution in [0.25, 0.3) is 21.9 Å². The number of para-hydroxylation sites is 2. The topological polar surface area (TPSA) is 46.0 Å². The van der Waals surface area contributed by atoms with E-state index in [0.717, 1.165) is 27.8 Å². The second kappa shape index (κ2) is 7.28. The third kappa shape index (κ3) is 3.21. The molecule has 0 bridgehead atoms. The number of carbonyl (C=O) groups excluding carboxylic acids is 1. The van der Waals surface area contributed by atoms with Gasteiger partial charge in [0.15, 0.2) is 0 Å². The van der Waals surface area contributed by atoms with Gasteiger partial charge in [0, 0.05) is 40.4 Å². The molecule has 1 N–H and O–H groups in total. The lowest BCUT2D eigenvalue weighted by Crippen LogP contribution is -2.05. The highest BCUT2D eigenvalue weighted by Crippen LogP contribution is 2.38. The van der Waals surface area contributed by atoms with Crippen molar-refractivity contribution in [3.05, 3.63) is 84.3 Å². The maximum Gasteiger partial charge on any atom is 0.140 e. The van der Waals surface area contributed by atoms with Gasteiger partial charge in [-0.3, -0.25) is 4.79 Å². The fourth-order valence-electron chi connectivity index (χ4n) is 3.86. The van der Waals surface area contributed by atoms with Gasteiger partial charge in [-0.25, -0.2) is 0 Å². The molecule has 0 saturated carbocycles. The molecule has 0 aliphatic carbocycles. The highest BCUT2D eigenvalue weighted by Gasteiger charge is 2.24. The monoisotopic (exact) mass is 357 g/mol. The molecule has 1 atom stereocenters. The largest absolute Gasteiger partial charge is 0.460 e. The maximum absolute atomic E-state index is 12.4. The fourth-order valence-corrected chi connectivity index (χ4v) is 3.86. The van der Waals surface area contributed by atoms with E-state index in [0.29, 0.717) is 19.3 Å². The van der Waals surface area contributed by atoms with E-state index in [1.807, 2.05) is 24.3 Å². The summed E-state index contributed by atoms with van der Waals surface area (Å²) in [6, 6.07) is 16.3. The predicted molar refractivity (Wildman–Crippen MR) is 110 cm³/mol. The summed E-state index contributed by atoms with van der Waals surface area (Å²) in [5, 5.41) is 2.29. The molecule has 0 amide bonds. The SMILES string of the molecule is C=CCCC(=O)Cc1oc2ccccc2c1C(C)c1c[nH]c2ccccc12. The van der Waals surface area contributed by atoms with Gasteiger partial charge in [-0.2, -0.15) is 0 Å². The van der Waals surface area contributed by atoms with Gasteiger partial charge in [-0.05, 0) is 24.1 Å². The van der Waals surface area contributed by atoms with Crippen molar-refractivity contribution in [2.45, 2.75) is 32.1 Å². The zero-order valence-electron chi connectivity index (χ0n) is 15.5. The number of furan rings is 1. The minimum absolute atomic E-state index is 0.118. The van der Waals surface area contributed by atoms with Crippen LogP contribution in [0.15, 0.2) is 71.8 Å². The summed E-state index contributed by atoms with van der Waals surface area (Å²) in [4.78, 5) is 15.8. The molecule has 0 radical (unpaired) electrons. The second-order valence-corrected chi connectivity index (χ2v) is 6.99. The number of aromatic amines is 1. The molecule has 3 nitrogen and oxygen atoms in total. The molecule has 2 aromatic heterocycles. The number of nitrogens with one attached hydrogen (secondary N) is 1. The Balaban J connectivity index is 1.80. The average molecular weight is 357 g/mol. The number of hydrogen-bond acceptors (Lipinski definition) is 2. The molecule has 0 aliphatic heterocycles. The van der Waals surface area contributed by atoms with Crippen LogP contribution in [0.2, 0.25) is 0 Å². The van der Waals surface area contributed by atoms with Crippen LogP contribution in [0.1, 0.15) is 42.6 Å². The van der Waals surface area contributed by atoms with Crippen molar-refractivity contribution in [1.82, 2.24) is 4.98 Å². The lowest BCUT2D eigenvalue weighted by molar-refractivity contribution is -0.118. The van der Waals surface area contributed by atoms with Gasteiger partial charge in [0.2, 0.25) is 0 Å². The molecule has 0 fully saturated rings. The van der Waals surface area contributed by atoms with E-state index in [2.05, 4.69) is 48.9 Å². The van der Waals surface area contributed by atoms with Crippen LogP contribution in [0.4, 0.5) is 0 Å². The van der Waals surface area contributed by atoms with Crippen molar-refractivity contribution in [3.63, 3.8) is 0 Å². The number of H-pyrrole nitrogens is 1. The first kappa shape index (κ1) is 17.3. The normalized spacial score (nSPS) is 12.5. The molecule has 136 valence electrons. The summed E-state index contributed by atoms with van der Waals surface area (Å²) in [7, 11) is 0. The first-order valence-electron chi connectivity index (χ1n) is 9.38. The number of ketones is 1. The third-order valence-corrected chi connectivity index (χ3v) is 5.22. The Bertz CT molecular complexity index is 1120. The molecule has 2 heterocycles. The number of hydrogen-bond donors (Lipinski definition) is 1. The molecule has 0 spiro atoms. The van der Waals surface area contributed by atoms with E-state index in [1.165, 1.54) is 10.9 Å². The number of rotatable bonds is 7. The lowest BCUT2D eigenvalue weighted by Gasteiger charge is -2.12. The summed E-state index contributed by atoms with van der Waals surface area (Å²) >= 11 is 0. The molecule has 4 aromatic rings. The van der Waals surface area contributed by atoms with Gasteiger partial charge in [0.25, 0.3) is 0 Å². The van der Waals surface area contributed by atoms with Crippen molar-refractivity contribution in [2.75, 3.05) is 0 Å². The maximum atomic E-state index is 12.4. The summed E-state index contributed by atoms with van der Waals surface area (Å²) in [6.45, 7) is 5.89.